The summed E-state index contributed by atoms with van der Waals surface area (Å²) in [6.07, 6.45) is 0.994. The minimum atomic E-state index is 0.305. The van der Waals surface area contributed by atoms with Gasteiger partial charge in [-0.05, 0) is 41.8 Å². The van der Waals surface area contributed by atoms with Crippen LogP contribution in [0.3, 0.4) is 0 Å². The molecule has 1 unspecified atom stereocenters. The van der Waals surface area contributed by atoms with Gasteiger partial charge in [0.2, 0.25) is 0 Å². The smallest absolute Gasteiger partial charge is 0.123 e. The fourth-order valence-electron chi connectivity index (χ4n) is 1.75. The van der Waals surface area contributed by atoms with Gasteiger partial charge in [-0.2, -0.15) is 11.3 Å². The van der Waals surface area contributed by atoms with Crippen molar-refractivity contribution in [2.45, 2.75) is 18.2 Å². The highest BCUT2D eigenvalue weighted by Gasteiger charge is 2.13. The standard InChI is InChI=1S/C14H15BrOS/c1-2-16-14-6-4-3-5-12(14)13(15)9-11-7-8-17-10-11/h3-8,10,13H,2,9H2,1H3. The number of hydrogen-bond acceptors (Lipinski definition) is 2. The Hall–Kier alpha value is -0.800. The van der Waals surface area contributed by atoms with Crippen LogP contribution in [0.15, 0.2) is 41.1 Å². The predicted octanol–water partition coefficient (Wildman–Crippen LogP) is 4.83. The summed E-state index contributed by atoms with van der Waals surface area (Å²) in [4.78, 5) is 0.305. The van der Waals surface area contributed by atoms with E-state index in [1.54, 1.807) is 11.3 Å². The second-order valence-corrected chi connectivity index (χ2v) is 5.66. The average molecular weight is 311 g/mol. The third-order valence-corrected chi connectivity index (χ3v) is 4.10. The summed E-state index contributed by atoms with van der Waals surface area (Å²) in [6.45, 7) is 2.72. The zero-order chi connectivity index (χ0) is 12.1. The largest absolute Gasteiger partial charge is 0.494 e. The molecule has 2 rings (SSSR count). The van der Waals surface area contributed by atoms with Crippen molar-refractivity contribution in [3.05, 3.63) is 52.2 Å². The lowest BCUT2D eigenvalue weighted by molar-refractivity contribution is 0.336. The van der Waals surface area contributed by atoms with Crippen molar-refractivity contribution in [2.24, 2.45) is 0 Å². The van der Waals surface area contributed by atoms with Gasteiger partial charge in [0.15, 0.2) is 0 Å². The minimum Gasteiger partial charge on any atom is -0.494 e. The highest BCUT2D eigenvalue weighted by Crippen LogP contribution is 2.34. The molecule has 0 aliphatic carbocycles. The van der Waals surface area contributed by atoms with Crippen LogP contribution in [0.25, 0.3) is 0 Å². The zero-order valence-corrected chi connectivity index (χ0v) is 12.1. The molecule has 0 amide bonds. The molecule has 1 atom stereocenters. The molecule has 0 aliphatic rings. The van der Waals surface area contributed by atoms with Crippen molar-refractivity contribution in [3.63, 3.8) is 0 Å². The Bertz CT molecular complexity index is 453. The van der Waals surface area contributed by atoms with Gasteiger partial charge < -0.3 is 4.74 Å². The summed E-state index contributed by atoms with van der Waals surface area (Å²) in [7, 11) is 0. The number of thiophene rings is 1. The lowest BCUT2D eigenvalue weighted by Gasteiger charge is -2.14. The molecule has 1 nitrogen and oxygen atoms in total. The van der Waals surface area contributed by atoms with E-state index in [0.717, 1.165) is 12.2 Å². The summed E-state index contributed by atoms with van der Waals surface area (Å²) in [6, 6.07) is 10.4. The molecule has 2 aromatic rings. The molecule has 1 heterocycles. The van der Waals surface area contributed by atoms with Gasteiger partial charge in [-0.25, -0.2) is 0 Å². The highest BCUT2D eigenvalue weighted by atomic mass is 79.9. The molecule has 0 aliphatic heterocycles. The van der Waals surface area contributed by atoms with Gasteiger partial charge in [-0.15, -0.1) is 0 Å². The predicted molar refractivity (Wildman–Crippen MR) is 77.3 cm³/mol. The van der Waals surface area contributed by atoms with E-state index in [-0.39, 0.29) is 0 Å². The zero-order valence-electron chi connectivity index (χ0n) is 9.73. The lowest BCUT2D eigenvalue weighted by Crippen LogP contribution is -2.00. The molecule has 0 N–H and O–H groups in total. The van der Waals surface area contributed by atoms with E-state index in [1.807, 2.05) is 19.1 Å². The van der Waals surface area contributed by atoms with Gasteiger partial charge in [0.25, 0.3) is 0 Å². The van der Waals surface area contributed by atoms with Crippen molar-refractivity contribution in [3.8, 4) is 5.75 Å². The average Bonchev–Trinajstić information content (AvgIpc) is 2.83. The molecule has 0 spiro atoms. The van der Waals surface area contributed by atoms with Gasteiger partial charge in [0.05, 0.1) is 6.61 Å². The molecular formula is C14H15BrOS. The molecule has 0 saturated carbocycles. The van der Waals surface area contributed by atoms with Crippen LogP contribution in [0.2, 0.25) is 0 Å². The van der Waals surface area contributed by atoms with E-state index in [2.05, 4.69) is 44.9 Å². The molecule has 0 radical (unpaired) electrons. The third-order valence-electron chi connectivity index (χ3n) is 2.55. The quantitative estimate of drug-likeness (QED) is 0.719. The van der Waals surface area contributed by atoms with E-state index >= 15 is 0 Å². The number of ether oxygens (including phenoxy) is 1. The summed E-state index contributed by atoms with van der Waals surface area (Å²) >= 11 is 5.49. The highest BCUT2D eigenvalue weighted by molar-refractivity contribution is 9.09. The fraction of sp³-hybridized carbons (Fsp3) is 0.286. The third kappa shape index (κ3) is 3.33. The summed E-state index contributed by atoms with van der Waals surface area (Å²) in [5, 5.41) is 4.31. The Morgan fingerprint density at radius 3 is 2.82 bits per heavy atom. The normalized spacial score (nSPS) is 12.4. The van der Waals surface area contributed by atoms with E-state index in [0.29, 0.717) is 11.4 Å². The van der Waals surface area contributed by atoms with Crippen molar-refractivity contribution in [2.75, 3.05) is 6.61 Å². The van der Waals surface area contributed by atoms with Crippen LogP contribution in [0.4, 0.5) is 0 Å². The first-order valence-corrected chi connectivity index (χ1v) is 7.54. The number of rotatable bonds is 5. The Balaban J connectivity index is 2.15. The van der Waals surface area contributed by atoms with Crippen molar-refractivity contribution in [1.82, 2.24) is 0 Å². The number of benzene rings is 1. The maximum Gasteiger partial charge on any atom is 0.123 e. The molecular weight excluding hydrogens is 296 g/mol. The Kier molecular flexibility index (Phi) is 4.63. The van der Waals surface area contributed by atoms with Gasteiger partial charge in [-0.3, -0.25) is 0 Å². The van der Waals surface area contributed by atoms with Crippen molar-refractivity contribution >= 4 is 27.3 Å². The van der Waals surface area contributed by atoms with E-state index in [1.165, 1.54) is 11.1 Å². The SMILES string of the molecule is CCOc1ccccc1C(Br)Cc1ccsc1. The second-order valence-electron chi connectivity index (χ2n) is 3.77. The molecule has 1 aromatic heterocycles. The van der Waals surface area contributed by atoms with Crippen LogP contribution < -0.4 is 4.74 Å². The first kappa shape index (κ1) is 12.7. The molecule has 0 bridgehead atoms. The minimum absolute atomic E-state index is 0.305. The monoisotopic (exact) mass is 310 g/mol. The summed E-state index contributed by atoms with van der Waals surface area (Å²) < 4.78 is 5.65. The maximum atomic E-state index is 5.65. The van der Waals surface area contributed by atoms with Gasteiger partial charge >= 0.3 is 0 Å². The van der Waals surface area contributed by atoms with Crippen LogP contribution in [0.5, 0.6) is 5.75 Å². The van der Waals surface area contributed by atoms with E-state index < -0.39 is 0 Å². The Morgan fingerprint density at radius 2 is 2.12 bits per heavy atom. The summed E-state index contributed by atoms with van der Waals surface area (Å²) in [5.41, 5.74) is 2.59. The molecule has 17 heavy (non-hydrogen) atoms. The molecule has 3 heteroatoms. The first-order chi connectivity index (χ1) is 8.31. The van der Waals surface area contributed by atoms with Gasteiger partial charge in [0, 0.05) is 10.4 Å². The number of hydrogen-bond donors (Lipinski definition) is 0. The molecule has 0 fully saturated rings. The van der Waals surface area contributed by atoms with Gasteiger partial charge in [0.1, 0.15) is 5.75 Å². The van der Waals surface area contributed by atoms with Crippen LogP contribution in [0.1, 0.15) is 22.9 Å². The Labute approximate surface area is 115 Å². The van der Waals surface area contributed by atoms with Crippen molar-refractivity contribution in [1.29, 1.82) is 0 Å². The second kappa shape index (κ2) is 6.22. The first-order valence-electron chi connectivity index (χ1n) is 5.68. The van der Waals surface area contributed by atoms with Crippen molar-refractivity contribution < 1.29 is 4.74 Å². The lowest BCUT2D eigenvalue weighted by atomic mass is 10.1. The van der Waals surface area contributed by atoms with Crippen LogP contribution >= 0.6 is 27.3 Å². The number of alkyl halides is 1. The topological polar surface area (TPSA) is 9.23 Å². The Morgan fingerprint density at radius 1 is 1.29 bits per heavy atom. The summed E-state index contributed by atoms with van der Waals surface area (Å²) in [5.74, 6) is 0.979. The fourth-order valence-corrected chi connectivity index (χ4v) is 3.19. The van der Waals surface area contributed by atoms with Crippen LogP contribution in [-0.2, 0) is 6.42 Å². The molecule has 90 valence electrons. The van der Waals surface area contributed by atoms with Crippen LogP contribution in [-0.4, -0.2) is 6.61 Å². The molecule has 0 saturated heterocycles. The number of halogens is 1. The number of para-hydroxylation sites is 1. The van der Waals surface area contributed by atoms with Crippen LogP contribution in [0, 0.1) is 0 Å². The maximum absolute atomic E-state index is 5.65. The van der Waals surface area contributed by atoms with E-state index in [4.69, 9.17) is 4.74 Å². The molecule has 1 aromatic carbocycles. The van der Waals surface area contributed by atoms with E-state index in [9.17, 15) is 0 Å². The van der Waals surface area contributed by atoms with Gasteiger partial charge in [-0.1, -0.05) is 34.1 Å².